The summed E-state index contributed by atoms with van der Waals surface area (Å²) in [6.45, 7) is 2.63. The van der Waals surface area contributed by atoms with Crippen LogP contribution in [0, 0.1) is 0 Å². The summed E-state index contributed by atoms with van der Waals surface area (Å²) in [6, 6.07) is 12.3. The van der Waals surface area contributed by atoms with Crippen molar-refractivity contribution in [3.8, 4) is 0 Å². The Labute approximate surface area is 118 Å². The Morgan fingerprint density at radius 2 is 1.85 bits per heavy atom. The summed E-state index contributed by atoms with van der Waals surface area (Å²) in [6.07, 6.45) is 0.403. The van der Waals surface area contributed by atoms with E-state index in [1.54, 1.807) is 0 Å². The van der Waals surface area contributed by atoms with Gasteiger partial charge >= 0.3 is 0 Å². The van der Waals surface area contributed by atoms with E-state index >= 15 is 0 Å². The van der Waals surface area contributed by atoms with Crippen molar-refractivity contribution in [1.29, 1.82) is 0 Å². The van der Waals surface area contributed by atoms with Crippen LogP contribution in [0.5, 0.6) is 0 Å². The van der Waals surface area contributed by atoms with Gasteiger partial charge in [-0.2, -0.15) is 13.0 Å². The molecule has 4 nitrogen and oxygen atoms in total. The molecule has 0 radical (unpaired) electrons. The fourth-order valence-electron chi connectivity index (χ4n) is 2.87. The lowest BCUT2D eigenvalue weighted by Gasteiger charge is -2.01. The van der Waals surface area contributed by atoms with E-state index in [4.69, 9.17) is 4.55 Å². The third-order valence-electron chi connectivity index (χ3n) is 3.75. The van der Waals surface area contributed by atoms with Crippen LogP contribution in [0.4, 0.5) is 5.69 Å². The molecule has 0 saturated heterocycles. The van der Waals surface area contributed by atoms with Gasteiger partial charge in [-0.3, -0.25) is 4.55 Å². The van der Waals surface area contributed by atoms with Gasteiger partial charge in [-0.1, -0.05) is 24.3 Å². The highest BCUT2D eigenvalue weighted by Crippen LogP contribution is 2.34. The highest BCUT2D eigenvalue weighted by molar-refractivity contribution is 7.85. The van der Waals surface area contributed by atoms with Gasteiger partial charge in [0.2, 0.25) is 5.69 Å². The lowest BCUT2D eigenvalue weighted by molar-refractivity contribution is -0.436. The fraction of sp³-hybridized carbons (Fsp3) is 0.267. The summed E-state index contributed by atoms with van der Waals surface area (Å²) in [5, 5.41) is 2.41. The smallest absolute Gasteiger partial charge is 0.265 e. The van der Waals surface area contributed by atoms with Gasteiger partial charge in [0, 0.05) is 19.4 Å². The molecule has 0 aliphatic carbocycles. The summed E-state index contributed by atoms with van der Waals surface area (Å²) >= 11 is 0. The Morgan fingerprint density at radius 1 is 1.15 bits per heavy atom. The van der Waals surface area contributed by atoms with Crippen LogP contribution in [-0.4, -0.2) is 35.6 Å². The van der Waals surface area contributed by atoms with Crippen molar-refractivity contribution in [2.45, 2.75) is 13.3 Å². The maximum Gasteiger partial charge on any atom is 0.265 e. The second-order valence-corrected chi connectivity index (χ2v) is 6.63. The molecule has 5 heteroatoms. The summed E-state index contributed by atoms with van der Waals surface area (Å²) in [7, 11) is -3.89. The molecule has 0 spiro atoms. The van der Waals surface area contributed by atoms with Crippen LogP contribution < -0.4 is 0 Å². The van der Waals surface area contributed by atoms with Gasteiger partial charge in [0.15, 0.2) is 5.71 Å². The largest absolute Gasteiger partial charge is 0.286 e. The third kappa shape index (κ3) is 2.23. The SMILES string of the molecule is CC1=[N+](CCCS(=O)(=O)O)c2cccc3cccc1c23. The quantitative estimate of drug-likeness (QED) is 0.695. The fourth-order valence-corrected chi connectivity index (χ4v) is 3.36. The van der Waals surface area contributed by atoms with E-state index in [1.165, 1.54) is 16.3 Å². The molecule has 2 aromatic carbocycles. The number of benzene rings is 2. The zero-order chi connectivity index (χ0) is 14.3. The lowest BCUT2D eigenvalue weighted by Crippen LogP contribution is -2.15. The van der Waals surface area contributed by atoms with Crippen molar-refractivity contribution < 1.29 is 17.5 Å². The van der Waals surface area contributed by atoms with Gasteiger partial charge < -0.3 is 0 Å². The third-order valence-corrected chi connectivity index (χ3v) is 4.56. The van der Waals surface area contributed by atoms with Crippen molar-refractivity contribution in [2.24, 2.45) is 0 Å². The molecule has 0 aromatic heterocycles. The van der Waals surface area contributed by atoms with Crippen LogP contribution in [0.25, 0.3) is 10.8 Å². The maximum absolute atomic E-state index is 10.8. The normalized spacial score (nSPS) is 14.3. The lowest BCUT2D eigenvalue weighted by atomic mass is 10.0. The van der Waals surface area contributed by atoms with Crippen molar-refractivity contribution in [3.05, 3.63) is 42.0 Å². The first-order valence-corrected chi connectivity index (χ1v) is 8.17. The van der Waals surface area contributed by atoms with Crippen LogP contribution in [0.15, 0.2) is 36.4 Å². The topological polar surface area (TPSA) is 57.4 Å². The molecule has 0 atom stereocenters. The Balaban J connectivity index is 1.98. The first kappa shape index (κ1) is 13.3. The highest BCUT2D eigenvalue weighted by Gasteiger charge is 2.28. The molecule has 0 bridgehead atoms. The molecule has 0 saturated carbocycles. The minimum absolute atomic E-state index is 0.205. The molecule has 1 aliphatic rings. The molecule has 0 amide bonds. The van der Waals surface area contributed by atoms with Gasteiger partial charge in [0.05, 0.1) is 16.7 Å². The maximum atomic E-state index is 10.8. The number of rotatable bonds is 4. The Kier molecular flexibility index (Phi) is 3.11. The molecule has 3 rings (SSSR count). The van der Waals surface area contributed by atoms with Crippen LogP contribution in [0.1, 0.15) is 18.9 Å². The van der Waals surface area contributed by atoms with E-state index in [0.29, 0.717) is 13.0 Å². The summed E-state index contributed by atoms with van der Waals surface area (Å²) in [5.41, 5.74) is 3.45. The van der Waals surface area contributed by atoms with E-state index in [0.717, 1.165) is 11.4 Å². The molecule has 1 heterocycles. The van der Waals surface area contributed by atoms with E-state index in [1.807, 2.05) is 19.1 Å². The highest BCUT2D eigenvalue weighted by atomic mass is 32.2. The number of nitrogens with zero attached hydrogens (tertiary/aromatic N) is 1. The van der Waals surface area contributed by atoms with Crippen LogP contribution in [0.2, 0.25) is 0 Å². The second kappa shape index (κ2) is 4.68. The van der Waals surface area contributed by atoms with Crippen molar-refractivity contribution >= 4 is 32.3 Å². The van der Waals surface area contributed by atoms with Crippen molar-refractivity contribution in [3.63, 3.8) is 0 Å². The molecular formula is C15H16NO3S+. The van der Waals surface area contributed by atoms with E-state index in [-0.39, 0.29) is 5.75 Å². The molecule has 1 aliphatic heterocycles. The van der Waals surface area contributed by atoms with E-state index in [2.05, 4.69) is 28.8 Å². The first-order valence-electron chi connectivity index (χ1n) is 6.56. The predicted molar refractivity (Wildman–Crippen MR) is 79.6 cm³/mol. The minimum atomic E-state index is -3.89. The Hall–Kier alpha value is -1.72. The standard InChI is InChI=1S/C15H15NO3S/c1-11-13-7-2-5-12-6-3-8-14(15(12)13)16(11)9-4-10-20(17,18)19/h2-3,5-8H,4,9-10H2,1H3/p+1. The molecule has 0 fully saturated rings. The zero-order valence-corrected chi connectivity index (χ0v) is 12.0. The first-order chi connectivity index (χ1) is 9.47. The van der Waals surface area contributed by atoms with Crippen molar-refractivity contribution in [1.82, 2.24) is 0 Å². The summed E-state index contributed by atoms with van der Waals surface area (Å²) in [5.74, 6) is -0.205. The van der Waals surface area contributed by atoms with Gasteiger partial charge in [-0.05, 0) is 11.5 Å². The average molecular weight is 290 g/mol. The monoisotopic (exact) mass is 290 g/mol. The van der Waals surface area contributed by atoms with E-state index in [9.17, 15) is 8.42 Å². The van der Waals surface area contributed by atoms with Gasteiger partial charge in [-0.25, -0.2) is 0 Å². The molecule has 0 unspecified atom stereocenters. The molecular weight excluding hydrogens is 274 g/mol. The predicted octanol–water partition coefficient (Wildman–Crippen LogP) is 2.58. The summed E-state index contributed by atoms with van der Waals surface area (Å²) in [4.78, 5) is 0. The van der Waals surface area contributed by atoms with Crippen LogP contribution in [-0.2, 0) is 10.1 Å². The second-order valence-electron chi connectivity index (χ2n) is 5.06. The van der Waals surface area contributed by atoms with Crippen LogP contribution in [0.3, 0.4) is 0 Å². The number of hydrogen-bond acceptors (Lipinski definition) is 2. The Morgan fingerprint density at radius 3 is 2.55 bits per heavy atom. The molecule has 2 aromatic rings. The number of hydrogen-bond donors (Lipinski definition) is 1. The van der Waals surface area contributed by atoms with Crippen LogP contribution >= 0.6 is 0 Å². The van der Waals surface area contributed by atoms with Gasteiger partial charge in [0.1, 0.15) is 6.54 Å². The Bertz CT molecular complexity index is 817. The van der Waals surface area contributed by atoms with Gasteiger partial charge in [-0.15, -0.1) is 0 Å². The van der Waals surface area contributed by atoms with Gasteiger partial charge in [0.25, 0.3) is 10.1 Å². The average Bonchev–Trinajstić information content (AvgIpc) is 2.66. The molecule has 20 heavy (non-hydrogen) atoms. The summed E-state index contributed by atoms with van der Waals surface area (Å²) < 4.78 is 32.6. The molecule has 104 valence electrons. The zero-order valence-electron chi connectivity index (χ0n) is 11.2. The van der Waals surface area contributed by atoms with E-state index < -0.39 is 10.1 Å². The minimum Gasteiger partial charge on any atom is -0.286 e. The molecule has 1 N–H and O–H groups in total. The van der Waals surface area contributed by atoms with Crippen molar-refractivity contribution in [2.75, 3.05) is 12.3 Å².